The number of hydrogen-bond acceptors (Lipinski definition) is 0. The summed E-state index contributed by atoms with van der Waals surface area (Å²) in [5.41, 5.74) is 0.468. The van der Waals surface area contributed by atoms with Crippen LogP contribution < -0.4 is 0 Å². The minimum Gasteiger partial charge on any atom is -0.0654 e. The van der Waals surface area contributed by atoms with E-state index in [4.69, 9.17) is 0 Å². The van der Waals surface area contributed by atoms with Crippen LogP contribution in [-0.4, -0.2) is 0 Å². The average molecular weight is 155 g/mol. The van der Waals surface area contributed by atoms with E-state index in [-0.39, 0.29) is 0 Å². The highest BCUT2D eigenvalue weighted by atomic mass is 14.3. The molecule has 0 amide bonds. The lowest BCUT2D eigenvalue weighted by atomic mass is 9.71. The Morgan fingerprint density at radius 3 is 2.00 bits per heavy atom. The Hall–Kier alpha value is 0. The van der Waals surface area contributed by atoms with Gasteiger partial charge in [-0.1, -0.05) is 48.0 Å². The zero-order valence-corrected chi connectivity index (χ0v) is 8.78. The summed E-state index contributed by atoms with van der Waals surface area (Å²) in [7, 11) is 0. The summed E-state index contributed by atoms with van der Waals surface area (Å²) >= 11 is 0. The van der Waals surface area contributed by atoms with Gasteiger partial charge in [0.25, 0.3) is 0 Å². The summed E-state index contributed by atoms with van der Waals surface area (Å²) in [5, 5.41) is 0. The molecule has 0 aromatic heterocycles. The lowest BCUT2D eigenvalue weighted by Crippen LogP contribution is -2.25. The average Bonchev–Trinajstić information content (AvgIpc) is 1.86. The third-order valence-electron chi connectivity index (χ3n) is 2.98. The van der Waals surface area contributed by atoms with Crippen LogP contribution in [0.5, 0.6) is 0 Å². The minimum atomic E-state index is 0.468. The Morgan fingerprint density at radius 2 is 1.73 bits per heavy atom. The molecule has 0 bridgehead atoms. The molecule has 0 aliphatic rings. The molecule has 0 aliphatic carbocycles. The Morgan fingerprint density at radius 1 is 1.27 bits per heavy atom. The molecule has 67 valence electrons. The molecule has 0 saturated carbocycles. The third-order valence-corrected chi connectivity index (χ3v) is 2.98. The van der Waals surface area contributed by atoms with E-state index < -0.39 is 0 Å². The maximum atomic E-state index is 4.09. The molecule has 0 heteroatoms. The highest BCUT2D eigenvalue weighted by Crippen LogP contribution is 2.35. The van der Waals surface area contributed by atoms with Crippen molar-refractivity contribution in [1.29, 1.82) is 0 Å². The van der Waals surface area contributed by atoms with Gasteiger partial charge in [0.15, 0.2) is 0 Å². The van der Waals surface area contributed by atoms with Gasteiger partial charge in [0.2, 0.25) is 0 Å². The summed E-state index contributed by atoms with van der Waals surface area (Å²) < 4.78 is 0. The third kappa shape index (κ3) is 3.27. The quantitative estimate of drug-likeness (QED) is 0.577. The van der Waals surface area contributed by atoms with Crippen LogP contribution in [0.3, 0.4) is 0 Å². The second-order valence-electron chi connectivity index (χ2n) is 4.50. The topological polar surface area (TPSA) is 0 Å². The van der Waals surface area contributed by atoms with E-state index in [9.17, 15) is 0 Å². The van der Waals surface area contributed by atoms with E-state index in [0.717, 1.165) is 5.92 Å². The summed E-state index contributed by atoms with van der Waals surface area (Å²) in [6, 6.07) is 0. The Labute approximate surface area is 72.4 Å². The van der Waals surface area contributed by atoms with Gasteiger partial charge >= 0.3 is 0 Å². The summed E-state index contributed by atoms with van der Waals surface area (Å²) in [6.07, 6.45) is 2.60. The van der Waals surface area contributed by atoms with Crippen molar-refractivity contribution in [1.82, 2.24) is 0 Å². The Bertz CT molecular complexity index is 101. The fourth-order valence-corrected chi connectivity index (χ4v) is 1.64. The first kappa shape index (κ1) is 11.0. The standard InChI is InChI=1S/C11H23/c1-7-8-11(5,6)10(4)9(2)3/h9-10H,2,7-8H2,1,3-6H3. The van der Waals surface area contributed by atoms with Crippen LogP contribution in [0.15, 0.2) is 0 Å². The van der Waals surface area contributed by atoms with E-state index in [0.29, 0.717) is 11.3 Å². The molecule has 11 heavy (non-hydrogen) atoms. The predicted octanol–water partition coefficient (Wildman–Crippen LogP) is 3.92. The largest absolute Gasteiger partial charge is 0.0654 e. The molecule has 2 atom stereocenters. The molecule has 0 rings (SSSR count). The summed E-state index contributed by atoms with van der Waals surface area (Å²) in [6.45, 7) is 15.6. The van der Waals surface area contributed by atoms with Crippen molar-refractivity contribution < 1.29 is 0 Å². The van der Waals surface area contributed by atoms with Gasteiger partial charge in [0, 0.05) is 0 Å². The van der Waals surface area contributed by atoms with E-state index >= 15 is 0 Å². The van der Waals surface area contributed by atoms with Gasteiger partial charge in [-0.05, 0) is 23.7 Å². The van der Waals surface area contributed by atoms with E-state index in [1.807, 2.05) is 0 Å². The van der Waals surface area contributed by atoms with Gasteiger partial charge < -0.3 is 0 Å². The van der Waals surface area contributed by atoms with E-state index in [1.165, 1.54) is 12.8 Å². The van der Waals surface area contributed by atoms with Crippen LogP contribution in [0.25, 0.3) is 0 Å². The van der Waals surface area contributed by atoms with Crippen molar-refractivity contribution in [3.63, 3.8) is 0 Å². The first-order valence-corrected chi connectivity index (χ1v) is 4.75. The van der Waals surface area contributed by atoms with Crippen molar-refractivity contribution in [3.05, 3.63) is 6.92 Å². The molecule has 0 aromatic carbocycles. The number of rotatable bonds is 4. The molecule has 0 N–H and O–H groups in total. The molecule has 0 saturated heterocycles. The molecule has 2 unspecified atom stereocenters. The van der Waals surface area contributed by atoms with Crippen LogP contribution in [0, 0.1) is 24.2 Å². The zero-order valence-electron chi connectivity index (χ0n) is 8.78. The maximum Gasteiger partial charge on any atom is -0.0326 e. The molecule has 0 heterocycles. The maximum absolute atomic E-state index is 4.09. The zero-order chi connectivity index (χ0) is 9.07. The van der Waals surface area contributed by atoms with Crippen LogP contribution in [-0.2, 0) is 0 Å². The van der Waals surface area contributed by atoms with Crippen molar-refractivity contribution in [3.8, 4) is 0 Å². The van der Waals surface area contributed by atoms with Crippen molar-refractivity contribution in [2.24, 2.45) is 17.3 Å². The van der Waals surface area contributed by atoms with Crippen molar-refractivity contribution in [2.75, 3.05) is 0 Å². The molecule has 0 aliphatic heterocycles. The highest BCUT2D eigenvalue weighted by Gasteiger charge is 2.26. The second kappa shape index (κ2) is 4.13. The molecular formula is C11H23. The van der Waals surface area contributed by atoms with Crippen LogP contribution in [0.4, 0.5) is 0 Å². The SMILES string of the molecule is [CH2]C(C)C(C)C(C)(C)CCC. The first-order chi connectivity index (χ1) is 4.91. The lowest BCUT2D eigenvalue weighted by Gasteiger charge is -2.34. The van der Waals surface area contributed by atoms with Gasteiger partial charge in [-0.15, -0.1) is 0 Å². The van der Waals surface area contributed by atoms with E-state index in [2.05, 4.69) is 41.5 Å². The van der Waals surface area contributed by atoms with Gasteiger partial charge in [-0.2, -0.15) is 0 Å². The minimum absolute atomic E-state index is 0.468. The Balaban J connectivity index is 4.05. The molecule has 0 fully saturated rings. The molecule has 0 nitrogen and oxygen atoms in total. The predicted molar refractivity (Wildman–Crippen MR) is 52.4 cm³/mol. The first-order valence-electron chi connectivity index (χ1n) is 4.75. The lowest BCUT2D eigenvalue weighted by molar-refractivity contribution is 0.171. The van der Waals surface area contributed by atoms with Crippen LogP contribution in [0.1, 0.15) is 47.5 Å². The van der Waals surface area contributed by atoms with Gasteiger partial charge in [0.05, 0.1) is 0 Å². The molecular weight excluding hydrogens is 132 g/mol. The van der Waals surface area contributed by atoms with Crippen LogP contribution >= 0.6 is 0 Å². The Kier molecular flexibility index (Phi) is 4.13. The monoisotopic (exact) mass is 155 g/mol. The normalized spacial score (nSPS) is 15.5. The van der Waals surface area contributed by atoms with Crippen molar-refractivity contribution >= 4 is 0 Å². The smallest absolute Gasteiger partial charge is 0.0326 e. The summed E-state index contributed by atoms with van der Waals surface area (Å²) in [4.78, 5) is 0. The second-order valence-corrected chi connectivity index (χ2v) is 4.50. The number of hydrogen-bond donors (Lipinski definition) is 0. The molecule has 0 spiro atoms. The fourth-order valence-electron chi connectivity index (χ4n) is 1.64. The summed E-state index contributed by atoms with van der Waals surface area (Å²) in [5.74, 6) is 1.29. The molecule has 0 aromatic rings. The highest BCUT2D eigenvalue weighted by molar-refractivity contribution is 4.79. The van der Waals surface area contributed by atoms with Gasteiger partial charge in [0.1, 0.15) is 0 Å². The van der Waals surface area contributed by atoms with Gasteiger partial charge in [-0.25, -0.2) is 0 Å². The van der Waals surface area contributed by atoms with E-state index in [1.54, 1.807) is 0 Å². The fraction of sp³-hybridized carbons (Fsp3) is 0.909. The van der Waals surface area contributed by atoms with Crippen molar-refractivity contribution in [2.45, 2.75) is 47.5 Å². The molecule has 1 radical (unpaired) electrons. The van der Waals surface area contributed by atoms with Gasteiger partial charge in [-0.3, -0.25) is 0 Å². The van der Waals surface area contributed by atoms with Crippen LogP contribution in [0.2, 0.25) is 0 Å².